The van der Waals surface area contributed by atoms with E-state index in [4.69, 9.17) is 9.47 Å². The van der Waals surface area contributed by atoms with Crippen molar-refractivity contribution in [2.75, 3.05) is 51.3 Å². The SMILES string of the molecule is CC(C)Oc1ccc(C(=O)NCC(c2ccc3c(c2)CCN3C)N2CCOCC2)cc1. The monoisotopic (exact) mass is 423 g/mol. The molecule has 1 unspecified atom stereocenters. The van der Waals surface area contributed by atoms with Crippen LogP contribution < -0.4 is 15.0 Å². The Balaban J connectivity index is 1.47. The molecule has 1 atom stereocenters. The molecule has 0 aromatic heterocycles. The van der Waals surface area contributed by atoms with Crippen LogP contribution in [0.25, 0.3) is 0 Å². The maximum atomic E-state index is 12.8. The number of nitrogens with zero attached hydrogens (tertiary/aromatic N) is 2. The van der Waals surface area contributed by atoms with E-state index < -0.39 is 0 Å². The lowest BCUT2D eigenvalue weighted by atomic mass is 10.00. The lowest BCUT2D eigenvalue weighted by molar-refractivity contribution is 0.0162. The molecular weight excluding hydrogens is 390 g/mol. The summed E-state index contributed by atoms with van der Waals surface area (Å²) in [6.45, 7) is 8.82. The zero-order valence-electron chi connectivity index (χ0n) is 18.8. The Morgan fingerprint density at radius 3 is 2.55 bits per heavy atom. The smallest absolute Gasteiger partial charge is 0.251 e. The molecule has 0 radical (unpaired) electrons. The van der Waals surface area contributed by atoms with Crippen molar-refractivity contribution in [3.8, 4) is 5.75 Å². The number of rotatable bonds is 7. The molecule has 0 spiro atoms. The summed E-state index contributed by atoms with van der Waals surface area (Å²) in [5, 5.41) is 3.16. The largest absolute Gasteiger partial charge is 0.491 e. The molecule has 0 saturated carbocycles. The van der Waals surface area contributed by atoms with Crippen LogP contribution in [0, 0.1) is 0 Å². The van der Waals surface area contributed by atoms with Gasteiger partial charge in [0.1, 0.15) is 5.75 Å². The van der Waals surface area contributed by atoms with Crippen LogP contribution in [-0.2, 0) is 11.2 Å². The third kappa shape index (κ3) is 5.20. The van der Waals surface area contributed by atoms with Crippen LogP contribution in [0.4, 0.5) is 5.69 Å². The Morgan fingerprint density at radius 1 is 1.10 bits per heavy atom. The first-order valence-electron chi connectivity index (χ1n) is 11.2. The van der Waals surface area contributed by atoms with Gasteiger partial charge in [-0.05, 0) is 61.7 Å². The number of benzene rings is 2. The topological polar surface area (TPSA) is 54.0 Å². The Hall–Kier alpha value is -2.57. The molecule has 1 saturated heterocycles. The minimum absolute atomic E-state index is 0.0600. The molecule has 166 valence electrons. The summed E-state index contributed by atoms with van der Waals surface area (Å²) in [6, 6.07) is 14.2. The lowest BCUT2D eigenvalue weighted by Crippen LogP contribution is -2.43. The van der Waals surface area contributed by atoms with Crippen LogP contribution in [0.15, 0.2) is 42.5 Å². The van der Waals surface area contributed by atoms with Crippen LogP contribution in [0.2, 0.25) is 0 Å². The highest BCUT2D eigenvalue weighted by Crippen LogP contribution is 2.31. The van der Waals surface area contributed by atoms with Gasteiger partial charge < -0.3 is 19.7 Å². The van der Waals surface area contributed by atoms with E-state index in [1.165, 1.54) is 16.8 Å². The molecule has 0 aliphatic carbocycles. The van der Waals surface area contributed by atoms with Gasteiger partial charge in [-0.15, -0.1) is 0 Å². The molecule has 1 amide bonds. The van der Waals surface area contributed by atoms with Gasteiger partial charge in [-0.3, -0.25) is 9.69 Å². The molecule has 31 heavy (non-hydrogen) atoms. The van der Waals surface area contributed by atoms with Gasteiger partial charge in [-0.2, -0.15) is 0 Å². The molecule has 2 aromatic carbocycles. The molecule has 6 nitrogen and oxygen atoms in total. The zero-order chi connectivity index (χ0) is 21.8. The highest BCUT2D eigenvalue weighted by atomic mass is 16.5. The standard InChI is InChI=1S/C25H33N3O3/c1-18(2)31-22-7-4-19(5-8-22)25(29)26-17-24(28-12-14-30-15-13-28)20-6-9-23-21(16-20)10-11-27(23)3/h4-9,16,18,24H,10-15,17H2,1-3H3,(H,26,29). The van der Waals surface area contributed by atoms with Crippen LogP contribution >= 0.6 is 0 Å². The predicted octanol–water partition coefficient (Wildman–Crippen LogP) is 3.27. The summed E-state index contributed by atoms with van der Waals surface area (Å²) >= 11 is 0. The van der Waals surface area contributed by atoms with Gasteiger partial charge in [0, 0.05) is 44.5 Å². The first-order chi connectivity index (χ1) is 15.0. The van der Waals surface area contributed by atoms with Gasteiger partial charge in [-0.1, -0.05) is 12.1 Å². The van der Waals surface area contributed by atoms with E-state index in [9.17, 15) is 4.79 Å². The molecule has 4 rings (SSSR count). The normalized spacial score (nSPS) is 17.5. The highest BCUT2D eigenvalue weighted by molar-refractivity contribution is 5.94. The van der Waals surface area contributed by atoms with Crippen molar-refractivity contribution in [1.82, 2.24) is 10.2 Å². The van der Waals surface area contributed by atoms with E-state index in [1.54, 1.807) is 0 Å². The summed E-state index contributed by atoms with van der Waals surface area (Å²) in [5.74, 6) is 0.719. The number of hydrogen-bond donors (Lipinski definition) is 1. The van der Waals surface area contributed by atoms with Crippen LogP contribution in [0.1, 0.15) is 41.4 Å². The van der Waals surface area contributed by atoms with Crippen molar-refractivity contribution in [3.63, 3.8) is 0 Å². The zero-order valence-corrected chi connectivity index (χ0v) is 18.8. The van der Waals surface area contributed by atoms with Crippen molar-refractivity contribution >= 4 is 11.6 Å². The van der Waals surface area contributed by atoms with Crippen molar-refractivity contribution in [1.29, 1.82) is 0 Å². The average molecular weight is 424 g/mol. The minimum atomic E-state index is -0.0600. The second kappa shape index (κ2) is 9.71. The number of anilines is 1. The first-order valence-corrected chi connectivity index (χ1v) is 11.2. The molecule has 2 aliphatic rings. The van der Waals surface area contributed by atoms with E-state index in [1.807, 2.05) is 38.1 Å². The summed E-state index contributed by atoms with van der Waals surface area (Å²) in [5.41, 5.74) is 4.62. The lowest BCUT2D eigenvalue weighted by Gasteiger charge is -2.35. The minimum Gasteiger partial charge on any atom is -0.491 e. The number of amides is 1. The van der Waals surface area contributed by atoms with Crippen LogP contribution in [-0.4, -0.2) is 63.4 Å². The number of morpholine rings is 1. The molecule has 1 N–H and O–H groups in total. The van der Waals surface area contributed by atoms with Crippen molar-refractivity contribution in [2.45, 2.75) is 32.4 Å². The van der Waals surface area contributed by atoms with Crippen LogP contribution in [0.5, 0.6) is 5.75 Å². The Labute approximate surface area is 185 Å². The average Bonchev–Trinajstić information content (AvgIpc) is 3.15. The predicted molar refractivity (Wildman–Crippen MR) is 123 cm³/mol. The fraction of sp³-hybridized carbons (Fsp3) is 0.480. The third-order valence-corrected chi connectivity index (χ3v) is 6.05. The number of hydrogen-bond acceptors (Lipinski definition) is 5. The van der Waals surface area contributed by atoms with Crippen molar-refractivity contribution in [3.05, 3.63) is 59.2 Å². The molecule has 2 aliphatic heterocycles. The number of nitrogens with one attached hydrogen (secondary N) is 1. The molecular formula is C25H33N3O3. The van der Waals surface area contributed by atoms with E-state index >= 15 is 0 Å². The van der Waals surface area contributed by atoms with E-state index in [0.29, 0.717) is 12.1 Å². The maximum Gasteiger partial charge on any atom is 0.251 e. The number of likely N-dealkylation sites (N-methyl/N-ethyl adjacent to an activating group) is 1. The third-order valence-electron chi connectivity index (χ3n) is 6.05. The molecule has 2 aromatic rings. The fourth-order valence-electron chi connectivity index (χ4n) is 4.39. The van der Waals surface area contributed by atoms with Gasteiger partial charge in [0.25, 0.3) is 5.91 Å². The molecule has 1 fully saturated rings. The molecule has 6 heteroatoms. The van der Waals surface area contributed by atoms with Crippen LogP contribution in [0.3, 0.4) is 0 Å². The van der Waals surface area contributed by atoms with E-state index in [2.05, 4.69) is 40.4 Å². The fourth-order valence-corrected chi connectivity index (χ4v) is 4.39. The quantitative estimate of drug-likeness (QED) is 0.741. The summed E-state index contributed by atoms with van der Waals surface area (Å²) in [6.07, 6.45) is 1.19. The maximum absolute atomic E-state index is 12.8. The second-order valence-electron chi connectivity index (χ2n) is 8.62. The van der Waals surface area contributed by atoms with Crippen molar-refractivity contribution in [2.24, 2.45) is 0 Å². The number of carbonyl (C=O) groups excluding carboxylic acids is 1. The number of fused-ring (bicyclic) bond motifs is 1. The van der Waals surface area contributed by atoms with Gasteiger partial charge in [0.05, 0.1) is 25.4 Å². The Kier molecular flexibility index (Phi) is 6.78. The highest BCUT2D eigenvalue weighted by Gasteiger charge is 2.25. The first kappa shape index (κ1) is 21.7. The van der Waals surface area contributed by atoms with Gasteiger partial charge in [0.15, 0.2) is 0 Å². The summed E-state index contributed by atoms with van der Waals surface area (Å²) < 4.78 is 11.2. The van der Waals surface area contributed by atoms with Gasteiger partial charge >= 0.3 is 0 Å². The van der Waals surface area contributed by atoms with E-state index in [-0.39, 0.29) is 18.1 Å². The molecule has 2 heterocycles. The van der Waals surface area contributed by atoms with Gasteiger partial charge in [0.2, 0.25) is 0 Å². The number of ether oxygens (including phenoxy) is 2. The summed E-state index contributed by atoms with van der Waals surface area (Å²) in [7, 11) is 2.14. The Bertz CT molecular complexity index is 891. The van der Waals surface area contributed by atoms with Crippen molar-refractivity contribution < 1.29 is 14.3 Å². The number of carbonyl (C=O) groups is 1. The second-order valence-corrected chi connectivity index (χ2v) is 8.62. The summed E-state index contributed by atoms with van der Waals surface area (Å²) in [4.78, 5) is 17.5. The molecule has 0 bridgehead atoms. The van der Waals surface area contributed by atoms with Gasteiger partial charge in [-0.25, -0.2) is 0 Å². The Morgan fingerprint density at radius 2 is 1.84 bits per heavy atom. The van der Waals surface area contributed by atoms with E-state index in [0.717, 1.165) is 45.0 Å².